The van der Waals surface area contributed by atoms with E-state index in [1.807, 2.05) is 41.5 Å². The molecule has 0 aromatic carbocycles. The number of rotatable bonds is 14. The molecule has 11 amide bonds. The monoisotopic (exact) mass is 1170 g/mol. The average Bonchev–Trinajstić information content (AvgIpc) is 3.61. The molecule has 1 rings (SSSR count). The molecule has 0 aromatic rings. The molecule has 474 valence electrons. The Morgan fingerprint density at radius 2 is 0.928 bits per heavy atom. The number of carbonyl (C=O) groups excluding carboxylic acids is 11. The van der Waals surface area contributed by atoms with Gasteiger partial charge in [0.25, 0.3) is 0 Å². The van der Waals surface area contributed by atoms with E-state index in [1.165, 1.54) is 82.8 Å². The van der Waals surface area contributed by atoms with Crippen LogP contribution in [0.5, 0.6) is 0 Å². The van der Waals surface area contributed by atoms with Gasteiger partial charge in [-0.2, -0.15) is 0 Å². The van der Waals surface area contributed by atoms with Crippen LogP contribution in [0.1, 0.15) is 149 Å². The fourth-order valence-electron chi connectivity index (χ4n) is 10.3. The zero-order valence-corrected chi connectivity index (χ0v) is 54.5. The zero-order valence-electron chi connectivity index (χ0n) is 54.5. The van der Waals surface area contributed by atoms with E-state index in [0.29, 0.717) is 6.42 Å². The van der Waals surface area contributed by atoms with E-state index < -0.39 is 156 Å². The van der Waals surface area contributed by atoms with Crippen molar-refractivity contribution in [3.8, 4) is 0 Å². The van der Waals surface area contributed by atoms with Crippen LogP contribution in [0.2, 0.25) is 0 Å². The van der Waals surface area contributed by atoms with Crippen LogP contribution >= 0.6 is 0 Å². The fraction of sp³-hybridized carbons (Fsp3) is 0.783. The van der Waals surface area contributed by atoms with E-state index in [1.54, 1.807) is 67.5 Å². The number of allylic oxidation sites excluding steroid dienone is 2. The predicted octanol–water partition coefficient (Wildman–Crippen LogP) is 2.63. The summed E-state index contributed by atoms with van der Waals surface area (Å²) >= 11 is 0. The van der Waals surface area contributed by atoms with Crippen molar-refractivity contribution in [2.24, 2.45) is 35.5 Å². The molecule has 0 aliphatic carbocycles. The molecule has 83 heavy (non-hydrogen) atoms. The van der Waals surface area contributed by atoms with Crippen molar-refractivity contribution in [3.63, 3.8) is 0 Å². The highest BCUT2D eigenvalue weighted by atomic mass is 16.3. The second-order valence-corrected chi connectivity index (χ2v) is 24.9. The van der Waals surface area contributed by atoms with Crippen molar-refractivity contribution in [3.05, 3.63) is 12.2 Å². The molecule has 23 heteroatoms. The molecule has 1 aliphatic heterocycles. The smallest absolute Gasteiger partial charge is 0.246 e. The second kappa shape index (κ2) is 34.0. The largest absolute Gasteiger partial charge is 0.390 e. The fourth-order valence-corrected chi connectivity index (χ4v) is 10.3. The topological polar surface area (TPSA) is 279 Å². The van der Waals surface area contributed by atoms with Crippen LogP contribution in [0.25, 0.3) is 0 Å². The summed E-state index contributed by atoms with van der Waals surface area (Å²) in [6.07, 6.45) is 2.98. The number of nitrogens with one attached hydrogen (secondary N) is 4. The third kappa shape index (κ3) is 20.6. The molecule has 0 saturated carbocycles. The SMILES string of the molecule is C/C=C/C[C@@H](C)[C@@H](O)[C@H]1C(=O)N[C@@H](CC)C(=O)N(C)CC(=O)N(C)[C@@H](C)C(=O)N[C@@H](C(C)C)C(=O)N(C)[C@@H](CC(C)C)C(=O)N[C@@H](CC)C(=O)N[C@H](C)C(=O)N(C)[C@@H](CC(C)C)C(=O)N(C)[C@@H](CC(C)C)C(=O)N(C)[C@@H](C(C)C)C(=O)N1C. The van der Waals surface area contributed by atoms with E-state index in [0.717, 1.165) is 14.7 Å². The van der Waals surface area contributed by atoms with Gasteiger partial charge in [0.2, 0.25) is 65.0 Å². The molecule has 12 atom stereocenters. The standard InChI is InChI=1S/C60H107N11O12/c1-24-27-28-38(14)50(73)49-54(77)63-42(26-3)56(79)65(17)32-46(72)66(18)40(16)51(74)64-47(36(10)11)59(82)67(19)43(29-33(4)5)53(76)62-41(25-2)52(75)61-39(15)55(78)68(20)44(30-34(6)7)57(80)69(21)45(31-35(8)9)58(81)70(22)48(37(12)13)60(83)71(49)23/h24,27,33-45,47-50,73H,25-26,28-32H2,1-23H3,(H,61,75)(H,62,76)(H,63,77)(H,64,74)/b27-24+/t38-,39-,40+,41+,42+,43+,44+,45+,47+,48+,49+,50-/m1/s1. The minimum absolute atomic E-state index is 0.0235. The highest BCUT2D eigenvalue weighted by Crippen LogP contribution is 2.25. The van der Waals surface area contributed by atoms with Crippen molar-refractivity contribution < 1.29 is 57.8 Å². The van der Waals surface area contributed by atoms with Crippen molar-refractivity contribution in [1.29, 1.82) is 0 Å². The summed E-state index contributed by atoms with van der Waals surface area (Å²) in [5.74, 6) is -9.59. The first kappa shape index (κ1) is 74.9. The highest BCUT2D eigenvalue weighted by Gasteiger charge is 2.45. The number of carbonyl (C=O) groups is 11. The number of aliphatic hydroxyl groups is 1. The van der Waals surface area contributed by atoms with Gasteiger partial charge in [0, 0.05) is 49.3 Å². The molecule has 0 aromatic heterocycles. The van der Waals surface area contributed by atoms with Gasteiger partial charge in [0.15, 0.2) is 0 Å². The van der Waals surface area contributed by atoms with E-state index >= 15 is 9.59 Å². The minimum Gasteiger partial charge on any atom is -0.390 e. The maximum atomic E-state index is 15.1. The summed E-state index contributed by atoms with van der Waals surface area (Å²) in [6, 6.07) is -12.3. The number of aliphatic hydroxyl groups excluding tert-OH is 1. The third-order valence-electron chi connectivity index (χ3n) is 15.9. The zero-order chi connectivity index (χ0) is 64.4. The van der Waals surface area contributed by atoms with Crippen LogP contribution in [-0.4, -0.2) is 227 Å². The second-order valence-electron chi connectivity index (χ2n) is 24.9. The summed E-state index contributed by atoms with van der Waals surface area (Å²) in [7, 11) is 9.83. The molecule has 1 saturated heterocycles. The highest BCUT2D eigenvalue weighted by molar-refractivity contribution is 5.99. The summed E-state index contributed by atoms with van der Waals surface area (Å²) in [4.78, 5) is 167. The molecule has 0 spiro atoms. The van der Waals surface area contributed by atoms with E-state index in [4.69, 9.17) is 0 Å². The molecule has 0 unspecified atom stereocenters. The number of hydrogen-bond acceptors (Lipinski definition) is 12. The Labute approximate surface area is 496 Å². The van der Waals surface area contributed by atoms with Gasteiger partial charge in [0.05, 0.1) is 12.6 Å². The Hall–Kier alpha value is -6.13. The summed E-state index contributed by atoms with van der Waals surface area (Å²) in [5.41, 5.74) is 0. The molecule has 1 aliphatic rings. The lowest BCUT2D eigenvalue weighted by atomic mass is 9.91. The predicted molar refractivity (Wildman–Crippen MR) is 319 cm³/mol. The third-order valence-corrected chi connectivity index (χ3v) is 15.9. The van der Waals surface area contributed by atoms with Crippen LogP contribution in [-0.2, 0) is 52.7 Å². The van der Waals surface area contributed by atoms with Gasteiger partial charge in [-0.15, -0.1) is 0 Å². The Morgan fingerprint density at radius 3 is 1.39 bits per heavy atom. The van der Waals surface area contributed by atoms with Crippen LogP contribution in [0.3, 0.4) is 0 Å². The van der Waals surface area contributed by atoms with Gasteiger partial charge in [0.1, 0.15) is 60.4 Å². The maximum absolute atomic E-state index is 15.1. The Bertz CT molecular complexity index is 2270. The summed E-state index contributed by atoms with van der Waals surface area (Å²) < 4.78 is 0. The normalized spacial score (nSPS) is 27.2. The van der Waals surface area contributed by atoms with Crippen LogP contribution in [0, 0.1) is 35.5 Å². The first-order valence-corrected chi connectivity index (χ1v) is 29.7. The summed E-state index contributed by atoms with van der Waals surface area (Å²) in [5, 5.41) is 23.0. The van der Waals surface area contributed by atoms with E-state index in [-0.39, 0.29) is 49.9 Å². The van der Waals surface area contributed by atoms with Gasteiger partial charge in [-0.05, 0) is 94.8 Å². The van der Waals surface area contributed by atoms with Gasteiger partial charge in [-0.3, -0.25) is 52.7 Å². The van der Waals surface area contributed by atoms with Gasteiger partial charge in [-0.1, -0.05) is 102 Å². The molecular formula is C60H107N11O12. The molecule has 0 bridgehead atoms. The molecule has 1 fully saturated rings. The van der Waals surface area contributed by atoms with Gasteiger partial charge >= 0.3 is 0 Å². The number of nitrogens with zero attached hydrogens (tertiary/aromatic N) is 7. The summed E-state index contributed by atoms with van der Waals surface area (Å²) in [6.45, 7) is 27.3. The first-order chi connectivity index (χ1) is 38.4. The van der Waals surface area contributed by atoms with Gasteiger partial charge in [-0.25, -0.2) is 0 Å². The van der Waals surface area contributed by atoms with Crippen LogP contribution in [0.4, 0.5) is 0 Å². The first-order valence-electron chi connectivity index (χ1n) is 29.7. The van der Waals surface area contributed by atoms with Crippen molar-refractivity contribution in [2.45, 2.75) is 216 Å². The van der Waals surface area contributed by atoms with Crippen LogP contribution < -0.4 is 21.3 Å². The van der Waals surface area contributed by atoms with E-state index in [9.17, 15) is 48.3 Å². The van der Waals surface area contributed by atoms with Crippen molar-refractivity contribution in [1.82, 2.24) is 55.6 Å². The molecule has 5 N–H and O–H groups in total. The Balaban J connectivity index is 4.26. The Morgan fingerprint density at radius 1 is 0.482 bits per heavy atom. The lowest BCUT2D eigenvalue weighted by Gasteiger charge is -2.41. The van der Waals surface area contributed by atoms with Crippen LogP contribution in [0.15, 0.2) is 12.2 Å². The lowest BCUT2D eigenvalue weighted by Crippen LogP contribution is -2.63. The number of amides is 11. The van der Waals surface area contributed by atoms with E-state index in [2.05, 4.69) is 21.3 Å². The average molecular weight is 1170 g/mol. The number of hydrogen-bond donors (Lipinski definition) is 5. The molecule has 0 radical (unpaired) electrons. The lowest BCUT2D eigenvalue weighted by molar-refractivity contribution is -0.157. The molecular weight excluding hydrogens is 1070 g/mol. The maximum Gasteiger partial charge on any atom is 0.246 e. The van der Waals surface area contributed by atoms with Gasteiger partial charge < -0.3 is 60.7 Å². The molecule has 1 heterocycles. The van der Waals surface area contributed by atoms with Crippen molar-refractivity contribution in [2.75, 3.05) is 55.9 Å². The number of likely N-dealkylation sites (N-methyl/N-ethyl adjacent to an activating group) is 7. The minimum atomic E-state index is -1.61. The van der Waals surface area contributed by atoms with Crippen molar-refractivity contribution >= 4 is 65.0 Å². The quantitative estimate of drug-likeness (QED) is 0.157. The molecule has 23 nitrogen and oxygen atoms in total. The Kier molecular flexibility index (Phi) is 30.7.